The SMILES string of the molecule is O=C(c1ccc(C(F)(F)F)c(F)c1)C1CSCCO1. The molecule has 0 spiro atoms. The Kier molecular flexibility index (Phi) is 4.15. The van der Waals surface area contributed by atoms with E-state index in [0.29, 0.717) is 24.5 Å². The molecule has 0 aliphatic carbocycles. The quantitative estimate of drug-likeness (QED) is 0.619. The number of hydrogen-bond acceptors (Lipinski definition) is 3. The number of ketones is 1. The van der Waals surface area contributed by atoms with E-state index in [9.17, 15) is 22.4 Å². The lowest BCUT2D eigenvalue weighted by molar-refractivity contribution is -0.140. The van der Waals surface area contributed by atoms with E-state index < -0.39 is 29.4 Å². The van der Waals surface area contributed by atoms with Crippen LogP contribution >= 0.6 is 11.8 Å². The second-order valence-electron chi connectivity index (χ2n) is 3.99. The number of benzene rings is 1. The van der Waals surface area contributed by atoms with Crippen LogP contribution in [0.25, 0.3) is 0 Å². The molecular formula is C12H10F4O2S. The van der Waals surface area contributed by atoms with Crippen LogP contribution in [0, 0.1) is 5.82 Å². The topological polar surface area (TPSA) is 26.3 Å². The zero-order valence-electron chi connectivity index (χ0n) is 9.67. The Morgan fingerprint density at radius 2 is 2.11 bits per heavy atom. The Balaban J connectivity index is 2.22. The highest BCUT2D eigenvalue weighted by Crippen LogP contribution is 2.32. The summed E-state index contributed by atoms with van der Waals surface area (Å²) in [7, 11) is 0. The van der Waals surface area contributed by atoms with Crippen molar-refractivity contribution in [1.82, 2.24) is 0 Å². The number of carbonyl (C=O) groups is 1. The number of rotatable bonds is 2. The molecule has 1 saturated heterocycles. The maximum Gasteiger partial charge on any atom is 0.419 e. The van der Waals surface area contributed by atoms with Gasteiger partial charge in [0, 0.05) is 17.1 Å². The van der Waals surface area contributed by atoms with E-state index in [0.717, 1.165) is 11.8 Å². The largest absolute Gasteiger partial charge is 0.419 e. The van der Waals surface area contributed by atoms with Gasteiger partial charge in [0.05, 0.1) is 12.2 Å². The van der Waals surface area contributed by atoms with Crippen LogP contribution in [0.15, 0.2) is 18.2 Å². The normalized spacial score (nSPS) is 20.3. The molecule has 0 aromatic heterocycles. The smallest absolute Gasteiger partial charge is 0.368 e. The summed E-state index contributed by atoms with van der Waals surface area (Å²) in [5, 5.41) is 0. The van der Waals surface area contributed by atoms with E-state index in [1.54, 1.807) is 0 Å². The first-order chi connectivity index (χ1) is 8.89. The molecule has 2 rings (SSSR count). The summed E-state index contributed by atoms with van der Waals surface area (Å²) >= 11 is 1.52. The van der Waals surface area contributed by atoms with E-state index in [1.165, 1.54) is 11.8 Å². The molecule has 1 aromatic carbocycles. The van der Waals surface area contributed by atoms with Crippen molar-refractivity contribution in [2.75, 3.05) is 18.1 Å². The van der Waals surface area contributed by atoms with Gasteiger partial charge in [-0.25, -0.2) is 4.39 Å². The van der Waals surface area contributed by atoms with Crippen molar-refractivity contribution in [3.8, 4) is 0 Å². The summed E-state index contributed by atoms with van der Waals surface area (Å²) in [6.07, 6.45) is -5.47. The first-order valence-electron chi connectivity index (χ1n) is 5.50. The Bertz CT molecular complexity index is 481. The fourth-order valence-electron chi connectivity index (χ4n) is 1.72. The molecule has 1 heterocycles. The van der Waals surface area contributed by atoms with Crippen molar-refractivity contribution in [2.45, 2.75) is 12.3 Å². The van der Waals surface area contributed by atoms with Gasteiger partial charge in [0.15, 0.2) is 5.78 Å². The molecule has 0 bridgehead atoms. The third-order valence-corrected chi connectivity index (χ3v) is 3.66. The van der Waals surface area contributed by atoms with Gasteiger partial charge < -0.3 is 4.74 Å². The van der Waals surface area contributed by atoms with Gasteiger partial charge in [0.2, 0.25) is 0 Å². The molecule has 1 aliphatic heterocycles. The highest BCUT2D eigenvalue weighted by molar-refractivity contribution is 7.99. The first kappa shape index (κ1) is 14.3. The minimum absolute atomic E-state index is 0.0991. The van der Waals surface area contributed by atoms with Crippen LogP contribution in [0.4, 0.5) is 17.6 Å². The van der Waals surface area contributed by atoms with Gasteiger partial charge in [-0.3, -0.25) is 4.79 Å². The third-order valence-electron chi connectivity index (χ3n) is 2.67. The van der Waals surface area contributed by atoms with E-state index in [4.69, 9.17) is 4.74 Å². The van der Waals surface area contributed by atoms with Crippen LogP contribution in [0.2, 0.25) is 0 Å². The third kappa shape index (κ3) is 3.27. The molecule has 19 heavy (non-hydrogen) atoms. The van der Waals surface area contributed by atoms with Crippen molar-refractivity contribution in [3.05, 3.63) is 35.1 Å². The van der Waals surface area contributed by atoms with Crippen molar-refractivity contribution < 1.29 is 27.1 Å². The van der Waals surface area contributed by atoms with Gasteiger partial charge in [-0.2, -0.15) is 24.9 Å². The fourth-order valence-corrected chi connectivity index (χ4v) is 2.57. The molecule has 1 aromatic rings. The second-order valence-corrected chi connectivity index (χ2v) is 5.14. The van der Waals surface area contributed by atoms with Gasteiger partial charge in [-0.15, -0.1) is 0 Å². The number of hydrogen-bond donors (Lipinski definition) is 0. The number of halogens is 4. The predicted molar refractivity (Wildman–Crippen MR) is 62.8 cm³/mol. The molecular weight excluding hydrogens is 284 g/mol. The molecule has 0 saturated carbocycles. The Morgan fingerprint density at radius 3 is 2.63 bits per heavy atom. The Labute approximate surface area is 111 Å². The van der Waals surface area contributed by atoms with Crippen LogP contribution in [-0.4, -0.2) is 30.0 Å². The molecule has 1 atom stereocenters. The zero-order valence-corrected chi connectivity index (χ0v) is 10.5. The minimum atomic E-state index is -4.76. The lowest BCUT2D eigenvalue weighted by atomic mass is 10.0. The predicted octanol–water partition coefficient (Wildman–Crippen LogP) is 3.16. The molecule has 1 fully saturated rings. The monoisotopic (exact) mass is 294 g/mol. The van der Waals surface area contributed by atoms with Crippen molar-refractivity contribution in [3.63, 3.8) is 0 Å². The van der Waals surface area contributed by atoms with E-state index in [2.05, 4.69) is 0 Å². The number of ether oxygens (including phenoxy) is 1. The summed E-state index contributed by atoms with van der Waals surface area (Å²) in [5.41, 5.74) is -1.47. The van der Waals surface area contributed by atoms with E-state index >= 15 is 0 Å². The van der Waals surface area contributed by atoms with Crippen molar-refractivity contribution in [1.29, 1.82) is 0 Å². The van der Waals surface area contributed by atoms with E-state index in [-0.39, 0.29) is 5.56 Å². The maximum absolute atomic E-state index is 13.4. The number of alkyl halides is 3. The van der Waals surface area contributed by atoms with Crippen molar-refractivity contribution >= 4 is 17.5 Å². The highest BCUT2D eigenvalue weighted by atomic mass is 32.2. The maximum atomic E-state index is 13.4. The van der Waals surface area contributed by atoms with Crippen LogP contribution in [0.5, 0.6) is 0 Å². The van der Waals surface area contributed by atoms with Crippen LogP contribution in [-0.2, 0) is 10.9 Å². The lowest BCUT2D eigenvalue weighted by Gasteiger charge is -2.21. The molecule has 7 heteroatoms. The highest BCUT2D eigenvalue weighted by Gasteiger charge is 2.34. The van der Waals surface area contributed by atoms with Crippen LogP contribution < -0.4 is 0 Å². The Morgan fingerprint density at radius 1 is 1.37 bits per heavy atom. The van der Waals surface area contributed by atoms with Crippen LogP contribution in [0.1, 0.15) is 15.9 Å². The van der Waals surface area contributed by atoms with Gasteiger partial charge >= 0.3 is 6.18 Å². The second kappa shape index (κ2) is 5.50. The standard InChI is InChI=1S/C12H10F4O2S/c13-9-5-7(1-2-8(9)12(14,15)16)11(17)10-6-19-4-3-18-10/h1-2,5,10H,3-4,6H2. The van der Waals surface area contributed by atoms with Crippen LogP contribution in [0.3, 0.4) is 0 Å². The van der Waals surface area contributed by atoms with Gasteiger partial charge in [0.1, 0.15) is 11.9 Å². The number of thioether (sulfide) groups is 1. The molecule has 0 N–H and O–H groups in total. The molecule has 1 aliphatic rings. The first-order valence-corrected chi connectivity index (χ1v) is 6.65. The fraction of sp³-hybridized carbons (Fsp3) is 0.417. The molecule has 2 nitrogen and oxygen atoms in total. The van der Waals surface area contributed by atoms with Crippen molar-refractivity contribution in [2.24, 2.45) is 0 Å². The average Bonchev–Trinajstić information content (AvgIpc) is 2.37. The Hall–Kier alpha value is -1.08. The molecule has 1 unspecified atom stereocenters. The molecule has 0 amide bonds. The summed E-state index contributed by atoms with van der Waals surface area (Å²) in [6.45, 7) is 0.407. The van der Waals surface area contributed by atoms with Gasteiger partial charge in [-0.1, -0.05) is 6.07 Å². The number of Topliss-reactive ketones (excluding diaryl/α,β-unsaturated/α-hetero) is 1. The summed E-state index contributed by atoms with van der Waals surface area (Å²) < 4.78 is 55.7. The summed E-state index contributed by atoms with van der Waals surface area (Å²) in [4.78, 5) is 11.9. The van der Waals surface area contributed by atoms with Gasteiger partial charge in [-0.05, 0) is 12.1 Å². The lowest BCUT2D eigenvalue weighted by Crippen LogP contribution is -2.31. The zero-order chi connectivity index (χ0) is 14.0. The molecule has 104 valence electrons. The minimum Gasteiger partial charge on any atom is -0.368 e. The number of carbonyl (C=O) groups excluding carboxylic acids is 1. The summed E-state index contributed by atoms with van der Waals surface area (Å²) in [6, 6.07) is 2.18. The molecule has 0 radical (unpaired) electrons. The van der Waals surface area contributed by atoms with Gasteiger partial charge in [0.25, 0.3) is 0 Å². The van der Waals surface area contributed by atoms with E-state index in [1.807, 2.05) is 0 Å². The average molecular weight is 294 g/mol. The summed E-state index contributed by atoms with van der Waals surface area (Å²) in [5.74, 6) is -0.728.